The van der Waals surface area contributed by atoms with Crippen molar-refractivity contribution in [2.45, 2.75) is 26.0 Å². The van der Waals surface area contributed by atoms with Gasteiger partial charge in [0.2, 0.25) is 0 Å². The summed E-state index contributed by atoms with van der Waals surface area (Å²) in [6, 6.07) is 107. The average Bonchev–Trinajstić information content (AvgIpc) is 3.61. The zero-order chi connectivity index (χ0) is 51.2. The largest absolute Gasteiger partial charge is 0.457 e. The van der Waals surface area contributed by atoms with Crippen molar-refractivity contribution >= 4 is 28.8 Å². The van der Waals surface area contributed by atoms with E-state index in [4.69, 9.17) is 4.74 Å². The van der Waals surface area contributed by atoms with Crippen molar-refractivity contribution < 1.29 is 4.74 Å². The number of hydrogen-bond donors (Lipinski definition) is 0. The minimum absolute atomic E-state index is 0.492. The van der Waals surface area contributed by atoms with E-state index in [9.17, 15) is 0 Å². The van der Waals surface area contributed by atoms with Gasteiger partial charge in [0.1, 0.15) is 11.5 Å². The number of benzene rings is 12. The summed E-state index contributed by atoms with van der Waals surface area (Å²) >= 11 is 1.89. The fourth-order valence-corrected chi connectivity index (χ4v) is 16.2. The normalized spacial score (nSPS) is 15.0. The fraction of sp³-hybridized carbons (Fsp3) is 0.0400. The maximum absolute atomic E-state index is 6.82. The van der Waals surface area contributed by atoms with Gasteiger partial charge >= 0.3 is 0 Å². The maximum atomic E-state index is 6.82. The lowest BCUT2D eigenvalue weighted by atomic mass is 9.66. The number of rotatable bonds is 5. The monoisotopic (exact) mass is 1010 g/mol. The zero-order valence-corrected chi connectivity index (χ0v) is 43.2. The molecule has 12 aromatic rings. The second-order valence-corrected chi connectivity index (χ2v) is 22.4. The third kappa shape index (κ3) is 5.58. The van der Waals surface area contributed by atoms with Crippen LogP contribution in [0.4, 0.5) is 17.1 Å². The van der Waals surface area contributed by atoms with Gasteiger partial charge in [0.15, 0.2) is 0 Å². The molecule has 78 heavy (non-hydrogen) atoms. The molecule has 0 saturated carbocycles. The van der Waals surface area contributed by atoms with Crippen molar-refractivity contribution in [1.82, 2.24) is 0 Å². The molecule has 3 aliphatic carbocycles. The smallest absolute Gasteiger partial charge is 0.132 e. The summed E-state index contributed by atoms with van der Waals surface area (Å²) in [5.41, 5.74) is 24.2. The van der Waals surface area contributed by atoms with Gasteiger partial charge in [0.25, 0.3) is 0 Å². The average molecular weight is 1010 g/mol. The van der Waals surface area contributed by atoms with E-state index < -0.39 is 16.2 Å². The van der Waals surface area contributed by atoms with Crippen LogP contribution in [-0.4, -0.2) is 0 Å². The van der Waals surface area contributed by atoms with Crippen LogP contribution in [0, 0.1) is 0 Å². The van der Waals surface area contributed by atoms with Gasteiger partial charge in [0.05, 0.1) is 16.2 Å². The van der Waals surface area contributed by atoms with E-state index in [1.165, 1.54) is 98.8 Å². The van der Waals surface area contributed by atoms with Gasteiger partial charge in [-0.1, -0.05) is 236 Å². The Morgan fingerprint density at radius 1 is 0.244 bits per heavy atom. The van der Waals surface area contributed by atoms with Crippen molar-refractivity contribution in [2.75, 3.05) is 4.90 Å². The van der Waals surface area contributed by atoms with Gasteiger partial charge < -0.3 is 9.64 Å². The highest BCUT2D eigenvalue weighted by atomic mass is 32.2. The van der Waals surface area contributed by atoms with Crippen LogP contribution in [-0.2, 0) is 16.2 Å². The molecule has 3 heteroatoms. The van der Waals surface area contributed by atoms with E-state index in [2.05, 4.69) is 290 Å². The minimum Gasteiger partial charge on any atom is -0.457 e. The predicted octanol–water partition coefficient (Wildman–Crippen LogP) is 18.8. The van der Waals surface area contributed by atoms with Crippen LogP contribution in [0.2, 0.25) is 0 Å². The number of fused-ring (bicyclic) bond motifs is 21. The minimum atomic E-state index is -0.641. The van der Waals surface area contributed by atoms with Crippen LogP contribution in [0.5, 0.6) is 11.5 Å². The number of ether oxygens (including phenoxy) is 1. The molecular formula is C75H47NOS. The molecule has 2 aliphatic heterocycles. The highest BCUT2D eigenvalue weighted by Gasteiger charge is 2.53. The van der Waals surface area contributed by atoms with Gasteiger partial charge in [0, 0.05) is 38.0 Å². The van der Waals surface area contributed by atoms with Crippen LogP contribution < -0.4 is 9.64 Å². The molecule has 0 saturated heterocycles. The Morgan fingerprint density at radius 2 is 0.590 bits per heavy atom. The number of hydrogen-bond acceptors (Lipinski definition) is 3. The second-order valence-electron chi connectivity index (χ2n) is 21.3. The number of nitrogens with zero attached hydrogens (tertiary/aromatic N) is 1. The Kier molecular flexibility index (Phi) is 9.15. The highest BCUT2D eigenvalue weighted by Crippen LogP contribution is 2.65. The molecule has 17 rings (SSSR count). The van der Waals surface area contributed by atoms with E-state index in [1.807, 2.05) is 11.8 Å². The van der Waals surface area contributed by atoms with Crippen molar-refractivity contribution in [1.29, 1.82) is 0 Å². The summed E-state index contributed by atoms with van der Waals surface area (Å²) in [7, 11) is 0. The van der Waals surface area contributed by atoms with Crippen LogP contribution in [0.15, 0.2) is 295 Å². The van der Waals surface area contributed by atoms with E-state index in [0.29, 0.717) is 0 Å². The first-order valence-electron chi connectivity index (χ1n) is 27.1. The lowest BCUT2D eigenvalue weighted by Crippen LogP contribution is -2.32. The third-order valence-corrected chi connectivity index (χ3v) is 19.0. The topological polar surface area (TPSA) is 12.5 Å². The first kappa shape index (κ1) is 43.8. The van der Waals surface area contributed by atoms with Gasteiger partial charge in [-0.25, -0.2) is 0 Å². The van der Waals surface area contributed by atoms with E-state index >= 15 is 0 Å². The second kappa shape index (κ2) is 16.3. The summed E-state index contributed by atoms with van der Waals surface area (Å²) < 4.78 is 6.82. The Morgan fingerprint density at radius 3 is 1.12 bits per heavy atom. The van der Waals surface area contributed by atoms with E-state index in [1.54, 1.807) is 0 Å². The maximum Gasteiger partial charge on any atom is 0.132 e. The van der Waals surface area contributed by atoms with E-state index in [-0.39, 0.29) is 0 Å². The molecule has 0 N–H and O–H groups in total. The molecule has 2 heterocycles. The molecule has 364 valence electrons. The molecule has 0 unspecified atom stereocenters. The fourth-order valence-electron chi connectivity index (χ4n) is 15.0. The van der Waals surface area contributed by atoms with E-state index in [0.717, 1.165) is 39.7 Å². The Balaban J connectivity index is 0.960. The first-order chi connectivity index (χ1) is 38.7. The predicted molar refractivity (Wildman–Crippen MR) is 317 cm³/mol. The SMILES string of the molecule is c1ccc(C2(c3ccccc3)c3ccccc3-c3ccc(N(c4ccc5c(c4)-c4ccccc4C54c5ccccc5Sc5ccccc54)c4ccc5c(c4)C4(c6ccccc6Oc6ccccc64)c4ccccc4-5)cc32)cc1. The third-order valence-electron chi connectivity index (χ3n) is 17.9. The van der Waals surface area contributed by atoms with Crippen molar-refractivity contribution in [3.63, 3.8) is 0 Å². The molecule has 2 spiro atoms. The highest BCUT2D eigenvalue weighted by molar-refractivity contribution is 7.99. The van der Waals surface area contributed by atoms with Crippen molar-refractivity contribution in [2.24, 2.45) is 0 Å². The molecular weight excluding hydrogens is 963 g/mol. The molecule has 0 radical (unpaired) electrons. The summed E-state index contributed by atoms with van der Waals surface area (Å²) in [6.45, 7) is 0. The summed E-state index contributed by atoms with van der Waals surface area (Å²) in [5, 5.41) is 0. The van der Waals surface area contributed by atoms with Gasteiger partial charge in [-0.3, -0.25) is 0 Å². The van der Waals surface area contributed by atoms with Gasteiger partial charge in [-0.05, 0) is 150 Å². The van der Waals surface area contributed by atoms with Gasteiger partial charge in [-0.15, -0.1) is 0 Å². The quantitative estimate of drug-likeness (QED) is 0.170. The molecule has 5 aliphatic rings. The number of para-hydroxylation sites is 2. The molecule has 2 nitrogen and oxygen atoms in total. The molecule has 12 aromatic carbocycles. The summed E-state index contributed by atoms with van der Waals surface area (Å²) in [5.74, 6) is 1.76. The van der Waals surface area contributed by atoms with Crippen molar-refractivity contribution in [3.05, 3.63) is 352 Å². The molecule has 0 bridgehead atoms. The summed E-state index contributed by atoms with van der Waals surface area (Å²) in [6.07, 6.45) is 0. The first-order valence-corrected chi connectivity index (χ1v) is 27.9. The number of anilines is 3. The molecule has 0 amide bonds. The van der Waals surface area contributed by atoms with Crippen LogP contribution >= 0.6 is 11.8 Å². The molecule has 0 aromatic heterocycles. The molecule has 0 fully saturated rings. The van der Waals surface area contributed by atoms with Crippen molar-refractivity contribution in [3.8, 4) is 44.9 Å². The Bertz CT molecular complexity index is 4350. The van der Waals surface area contributed by atoms with Crippen LogP contribution in [0.3, 0.4) is 0 Å². The Hall–Kier alpha value is -9.41. The molecule has 0 atom stereocenters. The lowest BCUT2D eigenvalue weighted by Gasteiger charge is -2.40. The summed E-state index contributed by atoms with van der Waals surface area (Å²) in [4.78, 5) is 5.15. The van der Waals surface area contributed by atoms with Crippen LogP contribution in [0.25, 0.3) is 33.4 Å². The Labute approximate surface area is 458 Å². The standard InChI is InChI=1S/C75H47NOS/c1-3-21-48(22-4-1)73(49-23-5-2-6-24-49)59-28-10-7-25-53(59)56-42-39-51(46-67(56)73)76(50-41-44-62-58(45-50)55-27-9-12-30-61(55)74(62)65-33-15-19-37-71(65)78-72-38-20-16-34-66(72)74)52-40-43-57-54-26-8-11-29-60(54)75(68(57)47-52)63-31-13-17-35-69(63)77-70-36-18-14-32-64(70)75/h1-47H. The van der Waals surface area contributed by atoms with Gasteiger partial charge in [-0.2, -0.15) is 0 Å². The zero-order valence-electron chi connectivity index (χ0n) is 42.4. The lowest BCUT2D eigenvalue weighted by molar-refractivity contribution is 0.436. The van der Waals surface area contributed by atoms with Crippen LogP contribution in [0.1, 0.15) is 66.8 Å².